The monoisotopic (exact) mass is 543 g/mol. The van der Waals surface area contributed by atoms with Gasteiger partial charge in [0.25, 0.3) is 0 Å². The van der Waals surface area contributed by atoms with E-state index in [2.05, 4.69) is 56.9 Å². The van der Waals surface area contributed by atoms with Crippen LogP contribution in [0.25, 0.3) is 0 Å². The zero-order valence-electron chi connectivity index (χ0n) is 18.6. The topological polar surface area (TPSA) is 48.6 Å². The van der Waals surface area contributed by atoms with E-state index < -0.39 is 0 Å². The van der Waals surface area contributed by atoms with Crippen LogP contribution in [0.5, 0.6) is 0 Å². The molecule has 1 atom stereocenters. The Hall–Kier alpha value is -0.470. The van der Waals surface area contributed by atoms with E-state index in [9.17, 15) is 0 Å². The van der Waals surface area contributed by atoms with Crippen molar-refractivity contribution in [3.05, 3.63) is 40.9 Å². The quantitative estimate of drug-likeness (QED) is 0.542. The summed E-state index contributed by atoms with van der Waals surface area (Å²) in [6, 6.07) is 11.5. The fourth-order valence-electron chi connectivity index (χ4n) is 4.59. The van der Waals surface area contributed by atoms with Gasteiger partial charge in [0.05, 0.1) is 5.69 Å². The first-order valence-corrected chi connectivity index (χ1v) is 11.5. The molecule has 5 nitrogen and oxygen atoms in total. The minimum absolute atomic E-state index is 0. The largest absolute Gasteiger partial charge is 0.375 e. The molecule has 0 amide bonds. The number of benzene rings is 1. The van der Waals surface area contributed by atoms with Crippen molar-refractivity contribution in [1.82, 2.24) is 14.8 Å². The zero-order chi connectivity index (χ0) is 19.3. The van der Waals surface area contributed by atoms with Gasteiger partial charge in [0.15, 0.2) is 5.13 Å². The number of thiazole rings is 1. The molecule has 1 aromatic heterocycles. The minimum Gasteiger partial charge on any atom is -0.375 e. The predicted molar refractivity (Wildman–Crippen MR) is 148 cm³/mol. The Bertz CT molecular complexity index is 756. The second-order valence-electron chi connectivity index (χ2n) is 8.02. The summed E-state index contributed by atoms with van der Waals surface area (Å²) in [6.07, 6.45) is 4.66. The maximum Gasteiger partial charge on any atom is 0.180 e. The van der Waals surface area contributed by atoms with Crippen LogP contribution in [-0.2, 0) is 12.8 Å². The van der Waals surface area contributed by atoms with Crippen molar-refractivity contribution >= 4 is 71.8 Å². The van der Waals surface area contributed by atoms with Crippen LogP contribution in [-0.4, -0.2) is 66.6 Å². The van der Waals surface area contributed by atoms with E-state index in [0.29, 0.717) is 6.04 Å². The van der Waals surface area contributed by atoms with Crippen LogP contribution in [0.3, 0.4) is 0 Å². The zero-order valence-corrected chi connectivity index (χ0v) is 22.7. The lowest BCUT2D eigenvalue weighted by atomic mass is 9.96. The van der Waals surface area contributed by atoms with Crippen molar-refractivity contribution in [3.63, 3.8) is 0 Å². The normalized spacial score (nSPS) is 17.9. The molecule has 2 heterocycles. The molecule has 0 spiro atoms. The van der Waals surface area contributed by atoms with Gasteiger partial charge in [-0.05, 0) is 44.4 Å². The first kappa shape index (κ1) is 31.5. The molecule has 32 heavy (non-hydrogen) atoms. The van der Waals surface area contributed by atoms with Gasteiger partial charge >= 0.3 is 0 Å². The van der Waals surface area contributed by atoms with Gasteiger partial charge in [-0.2, -0.15) is 0 Å². The SMILES string of the molecule is CCCN(CCN1CCN(c2ccccc2)CC1)[C@H]1CCc2nc(N)sc2C1.Cl.Cl.Cl.Cl. The van der Waals surface area contributed by atoms with Gasteiger partial charge in [-0.3, -0.25) is 9.80 Å². The molecule has 0 saturated carbocycles. The molecule has 2 N–H and O–H groups in total. The molecule has 184 valence electrons. The number of fused-ring (bicyclic) bond motifs is 1. The maximum atomic E-state index is 5.93. The third kappa shape index (κ3) is 8.08. The number of para-hydroxylation sites is 1. The summed E-state index contributed by atoms with van der Waals surface area (Å²) in [6.45, 7) is 10.4. The molecule has 1 fully saturated rings. The molecule has 4 rings (SSSR count). The highest BCUT2D eigenvalue weighted by molar-refractivity contribution is 7.15. The summed E-state index contributed by atoms with van der Waals surface area (Å²) >= 11 is 1.70. The van der Waals surface area contributed by atoms with E-state index in [-0.39, 0.29) is 49.6 Å². The predicted octanol–water partition coefficient (Wildman–Crippen LogP) is 4.80. The summed E-state index contributed by atoms with van der Waals surface area (Å²) in [5, 5.41) is 0.740. The van der Waals surface area contributed by atoms with E-state index in [1.54, 1.807) is 11.3 Å². The number of hydrogen-bond acceptors (Lipinski definition) is 6. The number of aromatic nitrogens is 1. The highest BCUT2D eigenvalue weighted by Gasteiger charge is 2.27. The van der Waals surface area contributed by atoms with Gasteiger partial charge in [0.1, 0.15) is 0 Å². The Morgan fingerprint density at radius 3 is 2.38 bits per heavy atom. The Balaban J connectivity index is 0.00000240. The molecule has 1 aliphatic carbocycles. The average Bonchev–Trinajstić information content (AvgIpc) is 3.11. The molecule has 1 aliphatic heterocycles. The van der Waals surface area contributed by atoms with Gasteiger partial charge in [-0.25, -0.2) is 4.98 Å². The summed E-state index contributed by atoms with van der Waals surface area (Å²) in [5.41, 5.74) is 8.55. The van der Waals surface area contributed by atoms with Gasteiger partial charge in [0.2, 0.25) is 0 Å². The lowest BCUT2D eigenvalue weighted by Gasteiger charge is -2.39. The van der Waals surface area contributed by atoms with Crippen LogP contribution >= 0.6 is 61.0 Å². The van der Waals surface area contributed by atoms with Crippen molar-refractivity contribution in [3.8, 4) is 0 Å². The molecule has 1 saturated heterocycles. The third-order valence-corrected chi connectivity index (χ3v) is 7.10. The number of hydrogen-bond donors (Lipinski definition) is 1. The fourth-order valence-corrected chi connectivity index (χ4v) is 5.54. The van der Waals surface area contributed by atoms with E-state index >= 15 is 0 Å². The Morgan fingerprint density at radius 1 is 1.03 bits per heavy atom. The molecular formula is C22H37Cl4N5S. The summed E-state index contributed by atoms with van der Waals surface area (Å²) in [4.78, 5) is 13.8. The van der Waals surface area contributed by atoms with Crippen LogP contribution in [0.2, 0.25) is 0 Å². The van der Waals surface area contributed by atoms with Gasteiger partial charge in [-0.1, -0.05) is 25.1 Å². The highest BCUT2D eigenvalue weighted by atomic mass is 35.5. The molecule has 0 bridgehead atoms. The van der Waals surface area contributed by atoms with E-state index in [4.69, 9.17) is 5.73 Å². The number of aryl methyl sites for hydroxylation is 1. The number of nitrogens with zero attached hydrogens (tertiary/aromatic N) is 4. The van der Waals surface area contributed by atoms with E-state index in [0.717, 1.165) is 44.2 Å². The maximum absolute atomic E-state index is 5.93. The summed E-state index contributed by atoms with van der Waals surface area (Å²) in [7, 11) is 0. The molecule has 10 heteroatoms. The smallest absolute Gasteiger partial charge is 0.180 e. The number of nitrogen functional groups attached to an aromatic ring is 1. The number of nitrogens with two attached hydrogens (primary N) is 1. The van der Waals surface area contributed by atoms with E-state index in [1.807, 2.05) is 0 Å². The Labute approximate surface area is 221 Å². The molecule has 0 unspecified atom stereocenters. The van der Waals surface area contributed by atoms with Crippen molar-refractivity contribution in [1.29, 1.82) is 0 Å². The van der Waals surface area contributed by atoms with Crippen LogP contribution < -0.4 is 10.6 Å². The second kappa shape index (κ2) is 15.4. The van der Waals surface area contributed by atoms with Gasteiger partial charge in [-0.15, -0.1) is 61.0 Å². The van der Waals surface area contributed by atoms with Gasteiger partial charge < -0.3 is 10.6 Å². The number of piperazine rings is 1. The van der Waals surface area contributed by atoms with E-state index in [1.165, 1.54) is 48.7 Å². The Kier molecular flexibility index (Phi) is 15.2. The number of rotatable bonds is 7. The average molecular weight is 545 g/mol. The van der Waals surface area contributed by atoms with Crippen molar-refractivity contribution in [2.75, 3.05) is 56.4 Å². The van der Waals surface area contributed by atoms with Crippen LogP contribution in [0.15, 0.2) is 30.3 Å². The molecule has 1 aromatic carbocycles. The minimum atomic E-state index is 0. The van der Waals surface area contributed by atoms with Crippen LogP contribution in [0.4, 0.5) is 10.8 Å². The molecule has 0 radical (unpaired) electrons. The second-order valence-corrected chi connectivity index (χ2v) is 9.13. The number of anilines is 2. The first-order valence-electron chi connectivity index (χ1n) is 10.7. The molecule has 2 aliphatic rings. The molecular weight excluding hydrogens is 508 g/mol. The highest BCUT2D eigenvalue weighted by Crippen LogP contribution is 2.30. The van der Waals surface area contributed by atoms with Crippen molar-refractivity contribution in [2.24, 2.45) is 0 Å². The van der Waals surface area contributed by atoms with Crippen LogP contribution in [0.1, 0.15) is 30.3 Å². The summed E-state index contributed by atoms with van der Waals surface area (Å²) in [5.74, 6) is 0. The lowest BCUT2D eigenvalue weighted by molar-refractivity contribution is 0.146. The fraction of sp³-hybridized carbons (Fsp3) is 0.591. The third-order valence-electron chi connectivity index (χ3n) is 6.15. The first-order chi connectivity index (χ1) is 13.7. The van der Waals surface area contributed by atoms with Gasteiger partial charge in [0, 0.05) is 55.9 Å². The van der Waals surface area contributed by atoms with Crippen LogP contribution in [0, 0.1) is 0 Å². The lowest BCUT2D eigenvalue weighted by Crippen LogP contribution is -2.50. The molecule has 2 aromatic rings. The standard InChI is InChI=1S/C22H33N5S.4ClH/c1-2-10-26(19-8-9-20-21(17-19)28-22(23)24-20)14-11-25-12-15-27(16-13-25)18-6-4-3-5-7-18;;;;/h3-7,19H,2,8-17H2,1H3,(H2,23,24);4*1H/t19-;;;;/m0..../s1. The number of halogens is 4. The summed E-state index contributed by atoms with van der Waals surface area (Å²) < 4.78 is 0. The van der Waals surface area contributed by atoms with Crippen molar-refractivity contribution in [2.45, 2.75) is 38.6 Å². The Morgan fingerprint density at radius 2 is 1.72 bits per heavy atom. The van der Waals surface area contributed by atoms with Crippen molar-refractivity contribution < 1.29 is 0 Å².